The molecule has 0 saturated carbocycles. The second-order valence-electron chi connectivity index (χ2n) is 5.52. The Morgan fingerprint density at radius 1 is 0.913 bits per heavy atom. The second-order valence-corrected chi connectivity index (χ2v) is 5.52. The fourth-order valence-corrected chi connectivity index (χ4v) is 3.05. The van der Waals surface area contributed by atoms with Crippen molar-refractivity contribution in [2.75, 3.05) is 7.11 Å². The average molecular weight is 299 g/mol. The molecule has 0 fully saturated rings. The van der Waals surface area contributed by atoms with E-state index in [0.717, 1.165) is 11.4 Å². The van der Waals surface area contributed by atoms with Crippen molar-refractivity contribution in [3.05, 3.63) is 95.2 Å². The molecule has 0 unspecified atom stereocenters. The molecule has 0 atom stereocenters. The molecule has 0 saturated heterocycles. The number of allylic oxidation sites excluding steroid dienone is 5. The fourth-order valence-electron chi connectivity index (χ4n) is 3.05. The molecule has 2 heteroatoms. The van der Waals surface area contributed by atoms with Crippen LogP contribution >= 0.6 is 0 Å². The lowest BCUT2D eigenvalue weighted by molar-refractivity contribution is 0.415. The van der Waals surface area contributed by atoms with Crippen molar-refractivity contribution in [3.8, 4) is 5.75 Å². The van der Waals surface area contributed by atoms with Crippen molar-refractivity contribution in [2.45, 2.75) is 0 Å². The van der Waals surface area contributed by atoms with Gasteiger partial charge in [0, 0.05) is 17.3 Å². The van der Waals surface area contributed by atoms with Crippen molar-refractivity contribution in [2.24, 2.45) is 0 Å². The van der Waals surface area contributed by atoms with Gasteiger partial charge < -0.3 is 10.1 Å². The number of rotatable bonds is 2. The highest BCUT2D eigenvalue weighted by Crippen LogP contribution is 2.36. The third-order valence-corrected chi connectivity index (χ3v) is 4.21. The SMILES string of the molecule is COc1ccc(C2=CC=C/C2=C2/NC=Cc3ccccc32)cc1. The molecular formula is C21H17NO. The standard InChI is InChI=1S/C21H17NO/c1-23-17-11-9-16(10-12-17)18-7-4-8-20(18)21-19-6-3-2-5-15(19)13-14-22-21/h2-14,22H,1H3/b21-20-. The second kappa shape index (κ2) is 5.65. The minimum absolute atomic E-state index is 0.874. The Morgan fingerprint density at radius 3 is 2.57 bits per heavy atom. The zero-order valence-electron chi connectivity index (χ0n) is 12.9. The van der Waals surface area contributed by atoms with Crippen molar-refractivity contribution >= 4 is 17.3 Å². The van der Waals surface area contributed by atoms with E-state index in [9.17, 15) is 0 Å². The van der Waals surface area contributed by atoms with Gasteiger partial charge in [-0.2, -0.15) is 0 Å². The predicted molar refractivity (Wildman–Crippen MR) is 95.6 cm³/mol. The summed E-state index contributed by atoms with van der Waals surface area (Å²) in [5.74, 6) is 0.874. The topological polar surface area (TPSA) is 21.3 Å². The summed E-state index contributed by atoms with van der Waals surface area (Å²) in [6.45, 7) is 0. The molecule has 2 aromatic rings. The maximum atomic E-state index is 5.25. The van der Waals surface area contributed by atoms with Gasteiger partial charge in [0.15, 0.2) is 0 Å². The summed E-state index contributed by atoms with van der Waals surface area (Å²) in [6.07, 6.45) is 10.5. The highest BCUT2D eigenvalue weighted by Gasteiger charge is 2.18. The van der Waals surface area contributed by atoms with Gasteiger partial charge in [0.2, 0.25) is 0 Å². The van der Waals surface area contributed by atoms with E-state index >= 15 is 0 Å². The Labute approximate surface area is 136 Å². The van der Waals surface area contributed by atoms with Crippen LogP contribution < -0.4 is 10.1 Å². The molecule has 4 rings (SSSR count). The molecule has 1 heterocycles. The number of methoxy groups -OCH3 is 1. The highest BCUT2D eigenvalue weighted by molar-refractivity contribution is 5.96. The Morgan fingerprint density at radius 2 is 1.74 bits per heavy atom. The largest absolute Gasteiger partial charge is 0.497 e. The first-order valence-corrected chi connectivity index (χ1v) is 7.67. The van der Waals surface area contributed by atoms with Crippen LogP contribution in [0.4, 0.5) is 0 Å². The summed E-state index contributed by atoms with van der Waals surface area (Å²) in [7, 11) is 1.69. The minimum atomic E-state index is 0.874. The molecule has 2 nitrogen and oxygen atoms in total. The lowest BCUT2D eigenvalue weighted by atomic mass is 9.93. The zero-order chi connectivity index (χ0) is 15.6. The van der Waals surface area contributed by atoms with Crippen LogP contribution in [0, 0.1) is 0 Å². The summed E-state index contributed by atoms with van der Waals surface area (Å²) < 4.78 is 5.25. The van der Waals surface area contributed by atoms with Gasteiger partial charge >= 0.3 is 0 Å². The van der Waals surface area contributed by atoms with E-state index in [1.54, 1.807) is 7.11 Å². The first kappa shape index (κ1) is 13.6. The lowest BCUT2D eigenvalue weighted by Crippen LogP contribution is -2.11. The van der Waals surface area contributed by atoms with Gasteiger partial charge in [-0.15, -0.1) is 0 Å². The molecule has 112 valence electrons. The van der Waals surface area contributed by atoms with Gasteiger partial charge in [0.05, 0.1) is 12.8 Å². The van der Waals surface area contributed by atoms with E-state index in [1.165, 1.54) is 27.8 Å². The van der Waals surface area contributed by atoms with Gasteiger partial charge in [-0.3, -0.25) is 0 Å². The Hall–Kier alpha value is -3.00. The van der Waals surface area contributed by atoms with Gasteiger partial charge in [0.25, 0.3) is 0 Å². The third-order valence-electron chi connectivity index (χ3n) is 4.21. The van der Waals surface area contributed by atoms with Crippen LogP contribution in [0.25, 0.3) is 17.3 Å². The molecular weight excluding hydrogens is 282 g/mol. The molecule has 0 radical (unpaired) electrons. The third kappa shape index (κ3) is 2.38. The number of hydrogen-bond acceptors (Lipinski definition) is 2. The monoisotopic (exact) mass is 299 g/mol. The molecule has 1 aliphatic carbocycles. The zero-order valence-corrected chi connectivity index (χ0v) is 12.9. The number of fused-ring (bicyclic) bond motifs is 1. The van der Waals surface area contributed by atoms with Crippen LogP contribution in [0.15, 0.2) is 78.5 Å². The maximum absolute atomic E-state index is 5.25. The van der Waals surface area contributed by atoms with Crippen molar-refractivity contribution in [1.29, 1.82) is 0 Å². The molecule has 2 aliphatic rings. The summed E-state index contributed by atoms with van der Waals surface area (Å²) in [5.41, 5.74) is 7.25. The molecule has 0 spiro atoms. The van der Waals surface area contributed by atoms with Crippen molar-refractivity contribution < 1.29 is 4.74 Å². The number of ether oxygens (including phenoxy) is 1. The van der Waals surface area contributed by atoms with E-state index in [0.29, 0.717) is 0 Å². The number of hydrogen-bond donors (Lipinski definition) is 1. The normalized spacial score (nSPS) is 18.4. The predicted octanol–water partition coefficient (Wildman–Crippen LogP) is 4.63. The van der Waals surface area contributed by atoms with Gasteiger partial charge in [0.1, 0.15) is 5.75 Å². The van der Waals surface area contributed by atoms with Crippen LogP contribution in [0.2, 0.25) is 0 Å². The Bertz CT molecular complexity index is 867. The Kier molecular flexibility index (Phi) is 3.35. The van der Waals surface area contributed by atoms with Crippen LogP contribution in [0.1, 0.15) is 16.7 Å². The summed E-state index contributed by atoms with van der Waals surface area (Å²) in [6, 6.07) is 16.6. The van der Waals surface area contributed by atoms with E-state index in [4.69, 9.17) is 4.74 Å². The van der Waals surface area contributed by atoms with E-state index < -0.39 is 0 Å². The number of nitrogens with one attached hydrogen (secondary N) is 1. The highest BCUT2D eigenvalue weighted by atomic mass is 16.5. The number of benzene rings is 2. The quantitative estimate of drug-likeness (QED) is 0.872. The smallest absolute Gasteiger partial charge is 0.118 e. The molecule has 2 aromatic carbocycles. The van der Waals surface area contributed by atoms with Crippen molar-refractivity contribution in [3.63, 3.8) is 0 Å². The average Bonchev–Trinajstić information content (AvgIpc) is 3.11. The minimum Gasteiger partial charge on any atom is -0.497 e. The lowest BCUT2D eigenvalue weighted by Gasteiger charge is -2.19. The first-order chi connectivity index (χ1) is 11.4. The van der Waals surface area contributed by atoms with E-state index in [2.05, 4.69) is 66.0 Å². The van der Waals surface area contributed by atoms with Crippen LogP contribution in [-0.2, 0) is 0 Å². The van der Waals surface area contributed by atoms with Crippen molar-refractivity contribution in [1.82, 2.24) is 5.32 Å². The molecule has 0 aromatic heterocycles. The maximum Gasteiger partial charge on any atom is 0.118 e. The Balaban J connectivity index is 1.81. The van der Waals surface area contributed by atoms with E-state index in [1.807, 2.05) is 18.3 Å². The van der Waals surface area contributed by atoms with Crippen LogP contribution in [-0.4, -0.2) is 7.11 Å². The van der Waals surface area contributed by atoms with Crippen LogP contribution in [0.5, 0.6) is 5.75 Å². The summed E-state index contributed by atoms with van der Waals surface area (Å²) in [5, 5.41) is 3.42. The molecule has 0 amide bonds. The fraction of sp³-hybridized carbons (Fsp3) is 0.0476. The van der Waals surface area contributed by atoms with Gasteiger partial charge in [-0.1, -0.05) is 54.6 Å². The van der Waals surface area contributed by atoms with Gasteiger partial charge in [-0.05, 0) is 34.9 Å². The summed E-state index contributed by atoms with van der Waals surface area (Å²) in [4.78, 5) is 0. The molecule has 1 aliphatic heterocycles. The molecule has 0 bridgehead atoms. The molecule has 1 N–H and O–H groups in total. The van der Waals surface area contributed by atoms with E-state index in [-0.39, 0.29) is 0 Å². The summed E-state index contributed by atoms with van der Waals surface area (Å²) >= 11 is 0. The molecule has 23 heavy (non-hydrogen) atoms. The van der Waals surface area contributed by atoms with Gasteiger partial charge in [-0.25, -0.2) is 0 Å². The first-order valence-electron chi connectivity index (χ1n) is 7.67. The van der Waals surface area contributed by atoms with Crippen LogP contribution in [0.3, 0.4) is 0 Å².